The smallest absolute Gasteiger partial charge is 0.258 e. The lowest BCUT2D eigenvalue weighted by atomic mass is 10.3. The maximum Gasteiger partial charge on any atom is 0.258 e. The van der Waals surface area contributed by atoms with Crippen molar-refractivity contribution in [2.75, 3.05) is 13.7 Å². The zero-order valence-corrected chi connectivity index (χ0v) is 12.1. The molecule has 0 unspecified atom stereocenters. The molecule has 0 spiro atoms. The van der Waals surface area contributed by atoms with Crippen molar-refractivity contribution >= 4 is 27.7 Å². The zero-order valence-electron chi connectivity index (χ0n) is 10.5. The fourth-order valence-electron chi connectivity index (χ4n) is 1.30. The highest BCUT2D eigenvalue weighted by Crippen LogP contribution is 2.21. The molecule has 0 fully saturated rings. The van der Waals surface area contributed by atoms with Crippen molar-refractivity contribution in [3.63, 3.8) is 0 Å². The summed E-state index contributed by atoms with van der Waals surface area (Å²) in [6, 6.07) is 3.58. The first-order valence-corrected chi connectivity index (χ1v) is 6.32. The van der Waals surface area contributed by atoms with E-state index in [0.717, 1.165) is 0 Å². The molecule has 0 saturated carbocycles. The van der Waals surface area contributed by atoms with E-state index in [1.165, 1.54) is 26.1 Å². The van der Waals surface area contributed by atoms with Crippen LogP contribution in [-0.4, -0.2) is 31.5 Å². The Kier molecular flexibility index (Phi) is 5.75. The molecule has 104 valence electrons. The topological polar surface area (TPSA) is 67.4 Å². The molecular formula is C12H14BrFN2O3. The van der Waals surface area contributed by atoms with Crippen LogP contribution in [0.25, 0.3) is 0 Å². The zero-order chi connectivity index (χ0) is 14.4. The van der Waals surface area contributed by atoms with Gasteiger partial charge in [0.1, 0.15) is 6.04 Å². The van der Waals surface area contributed by atoms with Crippen molar-refractivity contribution in [3.05, 3.63) is 28.5 Å². The molecule has 1 rings (SSSR count). The molecule has 0 aliphatic carbocycles. The van der Waals surface area contributed by atoms with Gasteiger partial charge in [0.15, 0.2) is 18.2 Å². The van der Waals surface area contributed by atoms with Gasteiger partial charge in [-0.05, 0) is 25.1 Å². The first kappa shape index (κ1) is 15.4. The van der Waals surface area contributed by atoms with Crippen LogP contribution >= 0.6 is 15.9 Å². The Morgan fingerprint density at radius 2 is 2.16 bits per heavy atom. The minimum atomic E-state index is -0.670. The first-order chi connectivity index (χ1) is 8.93. The number of benzene rings is 1. The average Bonchev–Trinajstić information content (AvgIpc) is 2.36. The second-order valence-electron chi connectivity index (χ2n) is 3.77. The standard InChI is InChI=1S/C12H14BrFN2O3/c1-7(12(18)15-2)16-11(17)6-19-10-4-3-8(13)5-9(10)14/h3-5,7H,6H2,1-2H3,(H,15,18)(H,16,17)/t7-/m0/s1. The highest BCUT2D eigenvalue weighted by Gasteiger charge is 2.14. The Morgan fingerprint density at radius 1 is 1.47 bits per heavy atom. The van der Waals surface area contributed by atoms with Gasteiger partial charge in [-0.3, -0.25) is 9.59 Å². The fourth-order valence-corrected chi connectivity index (χ4v) is 1.63. The van der Waals surface area contributed by atoms with Crippen molar-refractivity contribution < 1.29 is 18.7 Å². The van der Waals surface area contributed by atoms with Crippen LogP contribution in [0.3, 0.4) is 0 Å². The summed E-state index contributed by atoms with van der Waals surface area (Å²) in [6.45, 7) is 1.18. The number of likely N-dealkylation sites (N-methyl/N-ethyl adjacent to an activating group) is 1. The van der Waals surface area contributed by atoms with Crippen LogP contribution in [-0.2, 0) is 9.59 Å². The number of amides is 2. The molecule has 0 radical (unpaired) electrons. The number of nitrogens with one attached hydrogen (secondary N) is 2. The molecule has 0 heterocycles. The van der Waals surface area contributed by atoms with E-state index in [4.69, 9.17) is 4.74 Å². The number of halogens is 2. The van der Waals surface area contributed by atoms with Crippen molar-refractivity contribution in [1.29, 1.82) is 0 Å². The number of hydrogen-bond donors (Lipinski definition) is 2. The highest BCUT2D eigenvalue weighted by molar-refractivity contribution is 9.10. The fraction of sp³-hybridized carbons (Fsp3) is 0.333. The van der Waals surface area contributed by atoms with Crippen molar-refractivity contribution in [1.82, 2.24) is 10.6 Å². The SMILES string of the molecule is CNC(=O)[C@H](C)NC(=O)COc1ccc(Br)cc1F. The van der Waals surface area contributed by atoms with Gasteiger partial charge in [0.25, 0.3) is 5.91 Å². The van der Waals surface area contributed by atoms with E-state index in [2.05, 4.69) is 26.6 Å². The van der Waals surface area contributed by atoms with Crippen LogP contribution in [0.1, 0.15) is 6.92 Å². The molecule has 5 nitrogen and oxygen atoms in total. The van der Waals surface area contributed by atoms with E-state index >= 15 is 0 Å². The van der Waals surface area contributed by atoms with E-state index < -0.39 is 17.8 Å². The maximum atomic E-state index is 13.4. The summed E-state index contributed by atoms with van der Waals surface area (Å²) in [7, 11) is 1.47. The van der Waals surface area contributed by atoms with Gasteiger partial charge in [-0.2, -0.15) is 0 Å². The number of rotatable bonds is 5. The lowest BCUT2D eigenvalue weighted by Crippen LogP contribution is -2.45. The van der Waals surface area contributed by atoms with E-state index in [1.54, 1.807) is 6.07 Å². The average molecular weight is 333 g/mol. The minimum absolute atomic E-state index is 0.0223. The van der Waals surface area contributed by atoms with E-state index in [9.17, 15) is 14.0 Å². The van der Waals surface area contributed by atoms with Crippen molar-refractivity contribution in [2.45, 2.75) is 13.0 Å². The number of hydrogen-bond acceptors (Lipinski definition) is 3. The van der Waals surface area contributed by atoms with Crippen LogP contribution in [0.4, 0.5) is 4.39 Å². The molecule has 0 bridgehead atoms. The molecule has 1 aromatic carbocycles. The second kappa shape index (κ2) is 7.08. The predicted octanol–water partition coefficient (Wildman–Crippen LogP) is 1.22. The normalized spacial score (nSPS) is 11.6. The quantitative estimate of drug-likeness (QED) is 0.851. The third-order valence-corrected chi connectivity index (χ3v) is 2.76. The monoisotopic (exact) mass is 332 g/mol. The number of ether oxygens (including phenoxy) is 1. The summed E-state index contributed by atoms with van der Waals surface area (Å²) in [6.07, 6.45) is 0. The number of carbonyl (C=O) groups is 2. The molecule has 0 aliphatic heterocycles. The van der Waals surface area contributed by atoms with Gasteiger partial charge in [-0.15, -0.1) is 0 Å². The van der Waals surface area contributed by atoms with Gasteiger partial charge in [-0.25, -0.2) is 4.39 Å². The first-order valence-electron chi connectivity index (χ1n) is 5.53. The molecule has 7 heteroatoms. The Morgan fingerprint density at radius 3 is 2.74 bits per heavy atom. The molecule has 2 N–H and O–H groups in total. The maximum absolute atomic E-state index is 13.4. The summed E-state index contributed by atoms with van der Waals surface area (Å²) in [5.74, 6) is -1.41. The van der Waals surface area contributed by atoms with Crippen LogP contribution in [0.2, 0.25) is 0 Å². The van der Waals surface area contributed by atoms with Crippen LogP contribution < -0.4 is 15.4 Å². The Bertz CT molecular complexity index is 482. The minimum Gasteiger partial charge on any atom is -0.481 e. The van der Waals surface area contributed by atoms with E-state index in [1.807, 2.05) is 0 Å². The molecule has 1 atom stereocenters. The van der Waals surface area contributed by atoms with Crippen molar-refractivity contribution in [2.24, 2.45) is 0 Å². The molecule has 1 aromatic rings. The lowest BCUT2D eigenvalue weighted by Gasteiger charge is -2.13. The molecule has 0 aliphatic rings. The summed E-state index contributed by atoms with van der Waals surface area (Å²) in [4.78, 5) is 22.7. The summed E-state index contributed by atoms with van der Waals surface area (Å²) in [5, 5.41) is 4.82. The van der Waals surface area contributed by atoms with Gasteiger partial charge in [0.05, 0.1) is 0 Å². The van der Waals surface area contributed by atoms with Gasteiger partial charge >= 0.3 is 0 Å². The van der Waals surface area contributed by atoms with Crippen LogP contribution in [0.15, 0.2) is 22.7 Å². The molecule has 0 aromatic heterocycles. The number of carbonyl (C=O) groups excluding carboxylic acids is 2. The summed E-state index contributed by atoms with van der Waals surface area (Å²) < 4.78 is 19.0. The van der Waals surface area contributed by atoms with Crippen molar-refractivity contribution in [3.8, 4) is 5.75 Å². The Hall–Kier alpha value is -1.63. The third-order valence-electron chi connectivity index (χ3n) is 2.27. The molecule has 2 amide bonds. The second-order valence-corrected chi connectivity index (χ2v) is 4.68. The van der Waals surface area contributed by atoms with Gasteiger partial charge in [0, 0.05) is 11.5 Å². The third kappa shape index (κ3) is 4.86. The Balaban J connectivity index is 2.48. The highest BCUT2D eigenvalue weighted by atomic mass is 79.9. The van der Waals surface area contributed by atoms with E-state index in [-0.39, 0.29) is 18.3 Å². The van der Waals surface area contributed by atoms with Gasteiger partial charge in [0.2, 0.25) is 5.91 Å². The molecule has 0 saturated heterocycles. The van der Waals surface area contributed by atoms with Gasteiger partial charge < -0.3 is 15.4 Å². The van der Waals surface area contributed by atoms with Crippen LogP contribution in [0.5, 0.6) is 5.75 Å². The molecular weight excluding hydrogens is 319 g/mol. The van der Waals surface area contributed by atoms with E-state index in [0.29, 0.717) is 4.47 Å². The largest absolute Gasteiger partial charge is 0.481 e. The Labute approximate surface area is 118 Å². The van der Waals surface area contributed by atoms with Crippen LogP contribution in [0, 0.1) is 5.82 Å². The summed E-state index contributed by atoms with van der Waals surface area (Å²) >= 11 is 3.11. The van der Waals surface area contributed by atoms with Gasteiger partial charge in [-0.1, -0.05) is 15.9 Å². The molecule has 19 heavy (non-hydrogen) atoms. The predicted molar refractivity (Wildman–Crippen MR) is 71.3 cm³/mol. The lowest BCUT2D eigenvalue weighted by molar-refractivity contribution is -0.129. The summed E-state index contributed by atoms with van der Waals surface area (Å²) in [5.41, 5.74) is 0.